The maximum absolute atomic E-state index is 12.8. The molecular weight excluding hydrogens is 510 g/mol. The van der Waals surface area contributed by atoms with Gasteiger partial charge in [0.15, 0.2) is 5.75 Å². The average molecular weight is 544 g/mol. The Bertz CT molecular complexity index is 1390. The van der Waals surface area contributed by atoms with Gasteiger partial charge >= 0.3 is 0 Å². The zero-order valence-corrected chi connectivity index (χ0v) is 22.2. The Balaban J connectivity index is 1.21. The molecule has 11 nitrogen and oxygen atoms in total. The number of carbonyl (C=O) groups is 1. The molecule has 0 spiro atoms. The minimum absolute atomic E-state index is 0.00915. The number of carbonyl (C=O) groups excluding carboxylic acids is 1. The maximum Gasteiger partial charge on any atom is 0.225 e. The maximum atomic E-state index is 12.8. The third kappa shape index (κ3) is 6.24. The fourth-order valence-corrected chi connectivity index (χ4v) is 5.81. The van der Waals surface area contributed by atoms with Crippen LogP contribution in [0.5, 0.6) is 5.75 Å². The van der Waals surface area contributed by atoms with Crippen LogP contribution >= 0.6 is 0 Å². The molecule has 0 bridgehead atoms. The number of fused-ring (bicyclic) bond motifs is 1. The van der Waals surface area contributed by atoms with Crippen molar-refractivity contribution in [3.05, 3.63) is 30.5 Å². The molecule has 12 heteroatoms. The molecule has 1 atom stereocenters. The van der Waals surface area contributed by atoms with Crippen LogP contribution in [0.4, 0.5) is 5.95 Å². The second-order valence-electron chi connectivity index (χ2n) is 10.2. The standard InChI is InChI=1S/C26H33N5O6S/c1-38(34,35)15-3-14-36-22-5-2-4-20-23(30-37-24(20)22)21-10-12-27-26(29-21)28-18-8-6-17(7-9-18)25(33)31-13-11-19(32)16-31/h2,4-5,10,12,17-19,32H,3,6-9,11,13-16H2,1H3,(H,27,28,29). The Kier molecular flexibility index (Phi) is 7.80. The second-order valence-corrected chi connectivity index (χ2v) is 12.4. The zero-order chi connectivity index (χ0) is 26.7. The van der Waals surface area contributed by atoms with Crippen LogP contribution in [-0.4, -0.2) is 83.3 Å². The molecule has 2 aromatic heterocycles. The SMILES string of the molecule is CS(=O)(=O)CCCOc1cccc2c(-c3ccnc(NC4CCC(C(=O)N5CCC(O)C5)CC4)n3)noc12. The first-order valence-corrected chi connectivity index (χ1v) is 15.1. The highest BCUT2D eigenvalue weighted by Gasteiger charge is 2.33. The quantitative estimate of drug-likeness (QED) is 0.386. The van der Waals surface area contributed by atoms with Gasteiger partial charge in [-0.25, -0.2) is 18.4 Å². The van der Waals surface area contributed by atoms with E-state index >= 15 is 0 Å². The third-order valence-electron chi connectivity index (χ3n) is 7.16. The molecule has 0 radical (unpaired) electrons. The predicted octanol–water partition coefficient (Wildman–Crippen LogP) is 2.66. The third-order valence-corrected chi connectivity index (χ3v) is 8.19. The number of nitrogens with one attached hydrogen (secondary N) is 1. The number of aliphatic hydroxyl groups excluding tert-OH is 1. The van der Waals surface area contributed by atoms with Gasteiger partial charge in [-0.15, -0.1) is 0 Å². The van der Waals surface area contributed by atoms with Gasteiger partial charge in [0.2, 0.25) is 17.4 Å². The van der Waals surface area contributed by atoms with E-state index in [0.717, 1.165) is 31.1 Å². The normalized spacial score (nSPS) is 22.1. The number of sulfone groups is 1. The van der Waals surface area contributed by atoms with Gasteiger partial charge in [-0.05, 0) is 56.7 Å². The molecule has 5 rings (SSSR count). The Morgan fingerprint density at radius 2 is 2.03 bits per heavy atom. The molecule has 1 saturated heterocycles. The minimum atomic E-state index is -3.04. The van der Waals surface area contributed by atoms with E-state index in [9.17, 15) is 18.3 Å². The molecule has 2 fully saturated rings. The first-order chi connectivity index (χ1) is 18.3. The van der Waals surface area contributed by atoms with Gasteiger partial charge in [-0.3, -0.25) is 4.79 Å². The topological polar surface area (TPSA) is 148 Å². The first kappa shape index (κ1) is 26.4. The number of hydrogen-bond donors (Lipinski definition) is 2. The van der Waals surface area contributed by atoms with Crippen LogP contribution in [0.1, 0.15) is 38.5 Å². The van der Waals surface area contributed by atoms with Gasteiger partial charge in [0.1, 0.15) is 15.5 Å². The van der Waals surface area contributed by atoms with Gasteiger partial charge in [0.25, 0.3) is 0 Å². The number of amides is 1. The second kappa shape index (κ2) is 11.2. The molecule has 1 saturated carbocycles. The van der Waals surface area contributed by atoms with Crippen molar-refractivity contribution in [1.29, 1.82) is 0 Å². The molecule has 3 aromatic rings. The van der Waals surface area contributed by atoms with Crippen molar-refractivity contribution in [1.82, 2.24) is 20.0 Å². The summed E-state index contributed by atoms with van der Waals surface area (Å²) in [5.74, 6) is 1.22. The monoisotopic (exact) mass is 543 g/mol. The Morgan fingerprint density at radius 1 is 1.21 bits per heavy atom. The number of rotatable bonds is 9. The molecule has 38 heavy (non-hydrogen) atoms. The molecular formula is C26H33N5O6S. The fourth-order valence-electron chi connectivity index (χ4n) is 5.17. The molecule has 2 aliphatic rings. The van der Waals surface area contributed by atoms with E-state index in [1.165, 1.54) is 6.26 Å². The number of aromatic nitrogens is 3. The lowest BCUT2D eigenvalue weighted by Crippen LogP contribution is -2.38. The van der Waals surface area contributed by atoms with Crippen LogP contribution in [-0.2, 0) is 14.6 Å². The largest absolute Gasteiger partial charge is 0.490 e. The molecule has 3 heterocycles. The average Bonchev–Trinajstić information content (AvgIpc) is 3.53. The summed E-state index contributed by atoms with van der Waals surface area (Å²) in [5, 5.41) is 18.1. The van der Waals surface area contributed by atoms with Crippen LogP contribution in [0.3, 0.4) is 0 Å². The van der Waals surface area contributed by atoms with Crippen molar-refractivity contribution < 1.29 is 27.6 Å². The lowest BCUT2D eigenvalue weighted by Gasteiger charge is -2.30. The van der Waals surface area contributed by atoms with Crippen molar-refractivity contribution in [2.75, 3.05) is 37.0 Å². The highest BCUT2D eigenvalue weighted by molar-refractivity contribution is 7.90. The summed E-state index contributed by atoms with van der Waals surface area (Å²) < 4.78 is 34.0. The van der Waals surface area contributed by atoms with E-state index < -0.39 is 15.9 Å². The highest BCUT2D eigenvalue weighted by atomic mass is 32.2. The van der Waals surface area contributed by atoms with Crippen LogP contribution in [0.2, 0.25) is 0 Å². The number of likely N-dealkylation sites (tertiary alicyclic amines) is 1. The number of β-amino-alcohol motifs (C(OH)–C–C–N with tert-alkyl or cyclic N) is 1. The first-order valence-electron chi connectivity index (χ1n) is 13.0. The summed E-state index contributed by atoms with van der Waals surface area (Å²) in [7, 11) is -3.04. The van der Waals surface area contributed by atoms with Gasteiger partial charge in [-0.1, -0.05) is 11.2 Å². The van der Waals surface area contributed by atoms with Crippen molar-refractivity contribution in [2.24, 2.45) is 5.92 Å². The van der Waals surface area contributed by atoms with Crippen molar-refractivity contribution in [3.8, 4) is 17.1 Å². The lowest BCUT2D eigenvalue weighted by molar-refractivity contribution is -0.135. The lowest BCUT2D eigenvalue weighted by atomic mass is 9.85. The summed E-state index contributed by atoms with van der Waals surface area (Å²) in [5.41, 5.74) is 1.64. The van der Waals surface area contributed by atoms with Gasteiger partial charge in [0.05, 0.1) is 29.5 Å². The predicted molar refractivity (Wildman–Crippen MR) is 141 cm³/mol. The fraction of sp³-hybridized carbons (Fsp3) is 0.538. The molecule has 1 amide bonds. The van der Waals surface area contributed by atoms with Crippen molar-refractivity contribution in [3.63, 3.8) is 0 Å². The summed E-state index contributed by atoms with van der Waals surface area (Å²) in [6, 6.07) is 7.40. The highest BCUT2D eigenvalue weighted by Crippen LogP contribution is 2.33. The van der Waals surface area contributed by atoms with E-state index in [1.54, 1.807) is 23.2 Å². The van der Waals surface area contributed by atoms with Crippen LogP contribution in [0, 0.1) is 5.92 Å². The van der Waals surface area contributed by atoms with E-state index in [2.05, 4.69) is 20.4 Å². The van der Waals surface area contributed by atoms with Crippen molar-refractivity contribution in [2.45, 2.75) is 50.7 Å². The number of nitrogens with zero attached hydrogens (tertiary/aromatic N) is 4. The Labute approximate surface area is 221 Å². The van der Waals surface area contributed by atoms with Crippen LogP contribution in [0.15, 0.2) is 35.0 Å². The van der Waals surface area contributed by atoms with Crippen molar-refractivity contribution >= 4 is 32.7 Å². The van der Waals surface area contributed by atoms with Gasteiger partial charge in [-0.2, -0.15) is 0 Å². The Hall–Kier alpha value is -3.25. The van der Waals surface area contributed by atoms with Crippen LogP contribution in [0.25, 0.3) is 22.4 Å². The summed E-state index contributed by atoms with van der Waals surface area (Å²) in [6.45, 7) is 1.34. The molecule has 2 N–H and O–H groups in total. The number of hydrogen-bond acceptors (Lipinski definition) is 10. The van der Waals surface area contributed by atoms with Crippen LogP contribution < -0.4 is 10.1 Å². The van der Waals surface area contributed by atoms with Gasteiger partial charge < -0.3 is 24.6 Å². The van der Waals surface area contributed by atoms with E-state index in [-0.39, 0.29) is 30.2 Å². The number of benzene rings is 1. The Morgan fingerprint density at radius 3 is 2.76 bits per heavy atom. The molecule has 1 aromatic carbocycles. The number of ether oxygens (including phenoxy) is 1. The number of aliphatic hydroxyl groups is 1. The van der Waals surface area contributed by atoms with E-state index in [4.69, 9.17) is 9.26 Å². The number of para-hydroxylation sites is 1. The summed E-state index contributed by atoms with van der Waals surface area (Å²) in [6.07, 6.45) is 6.80. The summed E-state index contributed by atoms with van der Waals surface area (Å²) >= 11 is 0. The smallest absolute Gasteiger partial charge is 0.225 e. The molecule has 1 unspecified atom stereocenters. The summed E-state index contributed by atoms with van der Waals surface area (Å²) in [4.78, 5) is 23.6. The molecule has 1 aliphatic heterocycles. The number of anilines is 1. The molecule has 1 aliphatic carbocycles. The minimum Gasteiger partial charge on any atom is -0.490 e. The zero-order valence-electron chi connectivity index (χ0n) is 21.4. The van der Waals surface area contributed by atoms with E-state index in [1.807, 2.05) is 12.1 Å². The van der Waals surface area contributed by atoms with Gasteiger partial charge in [0, 0.05) is 37.5 Å². The molecule has 204 valence electrons. The van der Waals surface area contributed by atoms with E-state index in [0.29, 0.717) is 54.6 Å².